The van der Waals surface area contributed by atoms with Crippen LogP contribution >= 0.6 is 11.6 Å². The van der Waals surface area contributed by atoms with E-state index in [4.69, 9.17) is 11.6 Å². The van der Waals surface area contributed by atoms with Gasteiger partial charge in [0.05, 0.1) is 6.10 Å². The number of aliphatic hydroxyl groups excluding tert-OH is 1. The molecule has 0 aliphatic heterocycles. The number of H-pyrrole nitrogens is 1. The molecule has 23 heavy (non-hydrogen) atoms. The van der Waals surface area contributed by atoms with Gasteiger partial charge in [0.2, 0.25) is 0 Å². The zero-order valence-corrected chi connectivity index (χ0v) is 14.3. The number of hydrogen-bond donors (Lipinski definition) is 3. The van der Waals surface area contributed by atoms with Crippen LogP contribution in [0.3, 0.4) is 0 Å². The molecule has 0 spiro atoms. The normalized spacial score (nSPS) is 24.3. The van der Waals surface area contributed by atoms with Crippen molar-refractivity contribution in [2.75, 3.05) is 6.54 Å². The van der Waals surface area contributed by atoms with Crippen molar-refractivity contribution in [3.63, 3.8) is 0 Å². The lowest BCUT2D eigenvalue weighted by molar-refractivity contribution is 0.131. The summed E-state index contributed by atoms with van der Waals surface area (Å²) in [5, 5.41) is 21.6. The number of benzene rings is 1. The molecule has 1 aliphatic carbocycles. The van der Waals surface area contributed by atoms with E-state index < -0.39 is 0 Å². The third kappa shape index (κ3) is 3.91. The Morgan fingerprint density at radius 3 is 2.87 bits per heavy atom. The second-order valence-electron chi connectivity index (χ2n) is 6.49. The van der Waals surface area contributed by atoms with E-state index in [9.17, 15) is 5.11 Å². The highest BCUT2D eigenvalue weighted by atomic mass is 35.5. The number of hydrogen-bond acceptors (Lipinski definition) is 4. The van der Waals surface area contributed by atoms with Gasteiger partial charge in [0.15, 0.2) is 5.82 Å². The molecule has 1 unspecified atom stereocenters. The third-order valence-corrected chi connectivity index (χ3v) is 5.02. The summed E-state index contributed by atoms with van der Waals surface area (Å²) in [6, 6.07) is 6.11. The number of aryl methyl sites for hydroxylation is 2. The molecule has 1 aromatic heterocycles. The fourth-order valence-corrected chi connectivity index (χ4v) is 3.43. The Morgan fingerprint density at radius 2 is 2.17 bits per heavy atom. The van der Waals surface area contributed by atoms with Crippen molar-refractivity contribution in [2.45, 2.75) is 45.3 Å². The Hall–Kier alpha value is -1.43. The Bertz CT molecular complexity index is 672. The highest BCUT2D eigenvalue weighted by molar-refractivity contribution is 6.31. The summed E-state index contributed by atoms with van der Waals surface area (Å²) in [4.78, 5) is 4.39. The number of aromatic amines is 1. The summed E-state index contributed by atoms with van der Waals surface area (Å²) in [6.07, 6.45) is 1.35. The SMILES string of the molecule is Cc1nc(C2C[C@H](CNCc3ccc(C)c(Cl)c3)[C@H](O)C2)n[nH]1. The first kappa shape index (κ1) is 16.4. The van der Waals surface area contributed by atoms with Gasteiger partial charge in [-0.2, -0.15) is 5.10 Å². The van der Waals surface area contributed by atoms with Gasteiger partial charge < -0.3 is 10.4 Å². The maximum atomic E-state index is 10.3. The maximum Gasteiger partial charge on any atom is 0.153 e. The summed E-state index contributed by atoms with van der Waals surface area (Å²) in [7, 11) is 0. The second kappa shape index (κ2) is 6.99. The van der Waals surface area contributed by atoms with E-state index in [0.717, 1.165) is 53.7 Å². The minimum atomic E-state index is -0.298. The van der Waals surface area contributed by atoms with Gasteiger partial charge in [0.1, 0.15) is 5.82 Å². The maximum absolute atomic E-state index is 10.3. The molecule has 124 valence electrons. The molecule has 3 N–H and O–H groups in total. The fourth-order valence-electron chi connectivity index (χ4n) is 3.22. The fraction of sp³-hybridized carbons (Fsp3) is 0.529. The largest absolute Gasteiger partial charge is 0.393 e. The molecule has 1 aliphatic rings. The van der Waals surface area contributed by atoms with Gasteiger partial charge in [-0.15, -0.1) is 0 Å². The summed E-state index contributed by atoms with van der Waals surface area (Å²) >= 11 is 6.15. The number of nitrogens with zero attached hydrogens (tertiary/aromatic N) is 2. The van der Waals surface area contributed by atoms with E-state index in [0.29, 0.717) is 0 Å². The lowest BCUT2D eigenvalue weighted by atomic mass is 10.0. The van der Waals surface area contributed by atoms with Crippen molar-refractivity contribution >= 4 is 11.6 Å². The van der Waals surface area contributed by atoms with Crippen molar-refractivity contribution in [3.8, 4) is 0 Å². The summed E-state index contributed by atoms with van der Waals surface area (Å²) < 4.78 is 0. The molecule has 1 fully saturated rings. The Labute approximate surface area is 141 Å². The van der Waals surface area contributed by atoms with Gasteiger partial charge in [0, 0.05) is 24.0 Å². The van der Waals surface area contributed by atoms with Crippen LogP contribution in [0.4, 0.5) is 0 Å². The van der Waals surface area contributed by atoms with Crippen LogP contribution in [0, 0.1) is 19.8 Å². The highest BCUT2D eigenvalue weighted by Gasteiger charge is 2.35. The summed E-state index contributed by atoms with van der Waals surface area (Å²) in [5.41, 5.74) is 2.25. The van der Waals surface area contributed by atoms with E-state index in [1.807, 2.05) is 26.0 Å². The van der Waals surface area contributed by atoms with E-state index >= 15 is 0 Å². The van der Waals surface area contributed by atoms with Crippen molar-refractivity contribution in [3.05, 3.63) is 46.0 Å². The lowest BCUT2D eigenvalue weighted by Crippen LogP contribution is -2.27. The van der Waals surface area contributed by atoms with Crippen LogP contribution in [-0.2, 0) is 6.54 Å². The number of halogens is 1. The Kier molecular flexibility index (Phi) is 4.99. The number of aliphatic hydroxyl groups is 1. The van der Waals surface area contributed by atoms with Crippen LogP contribution in [0.25, 0.3) is 0 Å². The predicted molar refractivity (Wildman–Crippen MR) is 90.5 cm³/mol. The molecule has 6 heteroatoms. The van der Waals surface area contributed by atoms with Gasteiger partial charge in [0.25, 0.3) is 0 Å². The molecule has 1 heterocycles. The van der Waals surface area contributed by atoms with Gasteiger partial charge in [-0.05, 0) is 49.8 Å². The van der Waals surface area contributed by atoms with Crippen LogP contribution in [-0.4, -0.2) is 32.9 Å². The number of aromatic nitrogens is 3. The van der Waals surface area contributed by atoms with E-state index in [-0.39, 0.29) is 17.9 Å². The molecule has 0 amide bonds. The molecule has 3 atom stereocenters. The topological polar surface area (TPSA) is 73.8 Å². The van der Waals surface area contributed by atoms with E-state index in [1.165, 1.54) is 0 Å². The predicted octanol–water partition coefficient (Wildman–Crippen LogP) is 2.72. The molecular weight excluding hydrogens is 312 g/mol. The number of nitrogens with one attached hydrogen (secondary N) is 2. The zero-order chi connectivity index (χ0) is 16.4. The van der Waals surface area contributed by atoms with Gasteiger partial charge in [-0.1, -0.05) is 23.7 Å². The Balaban J connectivity index is 1.51. The monoisotopic (exact) mass is 334 g/mol. The second-order valence-corrected chi connectivity index (χ2v) is 6.90. The molecule has 0 radical (unpaired) electrons. The van der Waals surface area contributed by atoms with Crippen molar-refractivity contribution in [1.82, 2.24) is 20.5 Å². The first-order valence-corrected chi connectivity index (χ1v) is 8.43. The van der Waals surface area contributed by atoms with Crippen LogP contribution in [0.15, 0.2) is 18.2 Å². The molecule has 2 aromatic rings. The molecule has 3 rings (SSSR count). The smallest absolute Gasteiger partial charge is 0.153 e. The van der Waals surface area contributed by atoms with E-state index in [2.05, 4.69) is 26.6 Å². The quantitative estimate of drug-likeness (QED) is 0.786. The third-order valence-electron chi connectivity index (χ3n) is 4.61. The zero-order valence-electron chi connectivity index (χ0n) is 13.5. The van der Waals surface area contributed by atoms with Crippen LogP contribution in [0.1, 0.15) is 41.5 Å². The molecule has 0 saturated heterocycles. The minimum Gasteiger partial charge on any atom is -0.393 e. The van der Waals surface area contributed by atoms with Crippen LogP contribution < -0.4 is 5.32 Å². The molecule has 1 aromatic carbocycles. The van der Waals surface area contributed by atoms with Crippen molar-refractivity contribution < 1.29 is 5.11 Å². The lowest BCUT2D eigenvalue weighted by Gasteiger charge is -2.15. The first-order valence-electron chi connectivity index (χ1n) is 8.05. The molecule has 1 saturated carbocycles. The van der Waals surface area contributed by atoms with Gasteiger partial charge >= 0.3 is 0 Å². The Morgan fingerprint density at radius 1 is 1.35 bits per heavy atom. The average molecular weight is 335 g/mol. The standard InChI is InChI=1S/C17H23ClN4O/c1-10-3-4-12(5-15(10)18)8-19-9-14-6-13(7-16(14)23)17-20-11(2)21-22-17/h3-5,13-14,16,19,23H,6-9H2,1-2H3,(H,20,21,22)/t13?,14-,16-/m1/s1. The highest BCUT2D eigenvalue weighted by Crippen LogP contribution is 2.36. The van der Waals surface area contributed by atoms with Crippen LogP contribution in [0.5, 0.6) is 0 Å². The van der Waals surface area contributed by atoms with Crippen molar-refractivity contribution in [2.24, 2.45) is 5.92 Å². The average Bonchev–Trinajstić information content (AvgIpc) is 3.09. The molecule has 0 bridgehead atoms. The van der Waals surface area contributed by atoms with Gasteiger partial charge in [-0.25, -0.2) is 4.98 Å². The first-order chi connectivity index (χ1) is 11.0. The summed E-state index contributed by atoms with van der Waals surface area (Å²) in [6.45, 7) is 5.44. The summed E-state index contributed by atoms with van der Waals surface area (Å²) in [5.74, 6) is 2.14. The molecule has 5 nitrogen and oxygen atoms in total. The van der Waals surface area contributed by atoms with E-state index in [1.54, 1.807) is 0 Å². The van der Waals surface area contributed by atoms with Crippen molar-refractivity contribution in [1.29, 1.82) is 0 Å². The minimum absolute atomic E-state index is 0.236. The van der Waals surface area contributed by atoms with Crippen LogP contribution in [0.2, 0.25) is 5.02 Å². The number of rotatable bonds is 5. The molecular formula is C17H23ClN4O. The van der Waals surface area contributed by atoms with Gasteiger partial charge in [-0.3, -0.25) is 5.10 Å².